The van der Waals surface area contributed by atoms with Gasteiger partial charge in [0.25, 0.3) is 0 Å². The van der Waals surface area contributed by atoms with Crippen molar-refractivity contribution in [1.29, 1.82) is 0 Å². The predicted octanol–water partition coefficient (Wildman–Crippen LogP) is 12.1. The lowest BCUT2D eigenvalue weighted by atomic mass is 9.82. The Kier molecular flexibility index (Phi) is 19.3. The number of halogens is 2. The third kappa shape index (κ3) is 15.2. The Morgan fingerprint density at radius 1 is 0.758 bits per heavy atom. The van der Waals surface area contributed by atoms with E-state index >= 15 is 8.78 Å². The zero-order valence-corrected chi connectivity index (χ0v) is 42.2. The van der Waals surface area contributed by atoms with E-state index in [1.165, 1.54) is 11.4 Å². The molecular weight excluding hydrogens is 843 g/mol. The van der Waals surface area contributed by atoms with Crippen LogP contribution in [0.1, 0.15) is 116 Å². The van der Waals surface area contributed by atoms with Gasteiger partial charge in [-0.2, -0.15) is 4.31 Å². The van der Waals surface area contributed by atoms with Gasteiger partial charge in [-0.3, -0.25) is 4.79 Å². The van der Waals surface area contributed by atoms with Crippen molar-refractivity contribution < 1.29 is 40.4 Å². The molecule has 0 aliphatic carbocycles. The predicted molar refractivity (Wildman–Crippen MR) is 251 cm³/mol. The Morgan fingerprint density at radius 3 is 1.76 bits per heavy atom. The van der Waals surface area contributed by atoms with Crippen LogP contribution in [0.5, 0.6) is 0 Å². The van der Waals surface area contributed by atoms with Crippen molar-refractivity contribution in [2.24, 2.45) is 0 Å². The monoisotopic (exact) mass is 916 g/mol. The fraction of sp³-hybridized carbons (Fsp3) is 0.583. The number of carbonyl (C=O) groups is 2. The summed E-state index contributed by atoms with van der Waals surface area (Å²) in [5.41, 5.74) is 2.30. The van der Waals surface area contributed by atoms with E-state index in [0.29, 0.717) is 13.0 Å². The highest BCUT2D eigenvalue weighted by molar-refractivity contribution is 7.89. The Balaban J connectivity index is 1.94. The molecule has 0 aliphatic heterocycles. The first-order valence-electron chi connectivity index (χ1n) is 22.0. The summed E-state index contributed by atoms with van der Waals surface area (Å²) in [4.78, 5) is 26.8. The number of nitrogens with zero attached hydrogens (tertiary/aromatic N) is 1. The lowest BCUT2D eigenvalue weighted by molar-refractivity contribution is -0.123. The standard InChI is InChI=1S/C48H74F2N2O7SSi2/c1-13-14-21-34-52(60(55,56)41-28-26-37(27-29-41)35-58-61(9,10)46(2,3)4)40(36-59-62(11,12)47(5,6)7)30-32-48(49,50)33-31-42(53)44(51-45(54)57-8)43(38-22-17-15-18-23-38)39-24-19-16-20-25-39/h15-20,22-29,40,43-44H,13-14,21,30-36H2,1-12H3,(H,51,54)/t40-,44+/m0/s1. The van der Waals surface area contributed by atoms with E-state index in [2.05, 4.69) is 73.0 Å². The molecule has 0 radical (unpaired) electrons. The summed E-state index contributed by atoms with van der Waals surface area (Å²) in [6, 6.07) is 22.8. The molecule has 0 saturated carbocycles. The van der Waals surface area contributed by atoms with Crippen LogP contribution in [0.25, 0.3) is 0 Å². The molecular formula is C48H74F2N2O7SSi2. The number of rotatable bonds is 24. The second-order valence-corrected chi connectivity index (χ2v) is 31.0. The molecule has 3 rings (SSSR count). The van der Waals surface area contributed by atoms with E-state index in [-0.39, 0.29) is 34.5 Å². The first kappa shape index (κ1) is 53.1. The van der Waals surface area contributed by atoms with Gasteiger partial charge in [0.05, 0.1) is 25.2 Å². The quantitative estimate of drug-likeness (QED) is 0.0703. The van der Waals surface area contributed by atoms with Crippen molar-refractivity contribution >= 4 is 38.5 Å². The van der Waals surface area contributed by atoms with Gasteiger partial charge in [0.1, 0.15) is 6.04 Å². The summed E-state index contributed by atoms with van der Waals surface area (Å²) in [6.07, 6.45) is -0.896. The smallest absolute Gasteiger partial charge is 0.407 e. The van der Waals surface area contributed by atoms with Crippen LogP contribution in [-0.4, -0.2) is 79.5 Å². The van der Waals surface area contributed by atoms with Gasteiger partial charge in [-0.15, -0.1) is 0 Å². The van der Waals surface area contributed by atoms with Crippen LogP contribution >= 0.6 is 0 Å². The maximum atomic E-state index is 16.2. The van der Waals surface area contributed by atoms with E-state index in [9.17, 15) is 18.0 Å². The first-order valence-corrected chi connectivity index (χ1v) is 29.3. The van der Waals surface area contributed by atoms with Gasteiger partial charge in [0, 0.05) is 37.8 Å². The number of amides is 1. The van der Waals surface area contributed by atoms with Crippen LogP contribution in [-0.2, 0) is 35.0 Å². The summed E-state index contributed by atoms with van der Waals surface area (Å²) in [7, 11) is -7.48. The number of alkyl carbamates (subject to hydrolysis) is 1. The fourth-order valence-corrected chi connectivity index (χ4v) is 10.3. The van der Waals surface area contributed by atoms with Crippen molar-refractivity contribution in [2.75, 3.05) is 20.3 Å². The number of hydrogen-bond acceptors (Lipinski definition) is 7. The highest BCUT2D eigenvalue weighted by Crippen LogP contribution is 2.39. The molecule has 3 aromatic rings. The number of alkyl halides is 2. The Hall–Kier alpha value is -3.28. The van der Waals surface area contributed by atoms with E-state index in [0.717, 1.165) is 29.5 Å². The van der Waals surface area contributed by atoms with Crippen LogP contribution in [0.3, 0.4) is 0 Å². The van der Waals surface area contributed by atoms with Gasteiger partial charge in [-0.25, -0.2) is 22.0 Å². The second kappa shape index (κ2) is 22.6. The van der Waals surface area contributed by atoms with Crippen LogP contribution < -0.4 is 5.32 Å². The Bertz CT molecular complexity index is 1920. The highest BCUT2D eigenvalue weighted by Gasteiger charge is 2.42. The molecule has 14 heteroatoms. The van der Waals surface area contributed by atoms with Crippen LogP contribution in [0.15, 0.2) is 89.8 Å². The van der Waals surface area contributed by atoms with Gasteiger partial charge in [-0.05, 0) is 77.9 Å². The third-order valence-electron chi connectivity index (χ3n) is 12.8. The number of ketones is 1. The summed E-state index contributed by atoms with van der Waals surface area (Å²) >= 11 is 0. The first-order chi connectivity index (χ1) is 28.8. The number of benzene rings is 3. The summed E-state index contributed by atoms with van der Waals surface area (Å²) in [5, 5.41) is 2.45. The average molecular weight is 917 g/mol. The minimum Gasteiger partial charge on any atom is -0.453 e. The van der Waals surface area contributed by atoms with Crippen molar-refractivity contribution in [2.45, 2.75) is 165 Å². The maximum Gasteiger partial charge on any atom is 0.407 e. The summed E-state index contributed by atoms with van der Waals surface area (Å²) in [5.74, 6) is -4.59. The number of Topliss-reactive ketones (excluding diaryl/α,β-unsaturated/α-hetero) is 1. The second-order valence-electron chi connectivity index (χ2n) is 19.5. The number of nitrogens with one attached hydrogen (secondary N) is 1. The van der Waals surface area contributed by atoms with Gasteiger partial charge >= 0.3 is 6.09 Å². The van der Waals surface area contributed by atoms with Gasteiger partial charge in [-0.1, -0.05) is 134 Å². The van der Waals surface area contributed by atoms with E-state index in [1.807, 2.05) is 67.6 Å². The minimum atomic E-state index is -4.16. The van der Waals surface area contributed by atoms with Crippen LogP contribution in [0.2, 0.25) is 36.3 Å². The van der Waals surface area contributed by atoms with Gasteiger partial charge in [0.2, 0.25) is 15.9 Å². The molecule has 2 atom stereocenters. The zero-order chi connectivity index (χ0) is 46.6. The van der Waals surface area contributed by atoms with Crippen molar-refractivity contribution in [1.82, 2.24) is 9.62 Å². The number of methoxy groups -OCH3 is 1. The summed E-state index contributed by atoms with van der Waals surface area (Å²) in [6.45, 7) is 23.7. The minimum absolute atomic E-state index is 0.0149. The van der Waals surface area contributed by atoms with Crippen molar-refractivity contribution in [3.05, 3.63) is 102 Å². The van der Waals surface area contributed by atoms with Crippen LogP contribution in [0.4, 0.5) is 13.6 Å². The largest absolute Gasteiger partial charge is 0.453 e. The fourth-order valence-electron chi connectivity index (χ4n) is 6.62. The van der Waals surface area contributed by atoms with Crippen LogP contribution in [0, 0.1) is 0 Å². The Labute approximate surface area is 374 Å². The third-order valence-corrected chi connectivity index (χ3v) is 23.7. The Morgan fingerprint density at radius 2 is 1.27 bits per heavy atom. The molecule has 0 aliphatic rings. The molecule has 0 saturated heterocycles. The SMILES string of the molecule is CCCCCN([C@@H](CCC(F)(F)CCC(=O)[C@@H](NC(=O)OC)C(c1ccccc1)c1ccccc1)CO[Si](C)(C)C(C)(C)C)S(=O)(=O)c1ccc(CO[Si](C)(C)C(C)(C)C)cc1. The maximum absolute atomic E-state index is 16.2. The average Bonchev–Trinajstić information content (AvgIpc) is 3.21. The lowest BCUT2D eigenvalue weighted by Gasteiger charge is -2.39. The molecule has 0 bridgehead atoms. The number of ether oxygens (including phenoxy) is 1. The molecule has 62 heavy (non-hydrogen) atoms. The van der Waals surface area contributed by atoms with E-state index in [1.54, 1.807) is 24.3 Å². The van der Waals surface area contributed by atoms with Crippen molar-refractivity contribution in [3.63, 3.8) is 0 Å². The molecule has 0 spiro atoms. The molecule has 1 N–H and O–H groups in total. The molecule has 346 valence electrons. The molecule has 1 amide bonds. The van der Waals surface area contributed by atoms with E-state index < -0.39 is 81.7 Å². The topological polar surface area (TPSA) is 111 Å². The number of hydrogen-bond donors (Lipinski definition) is 1. The summed E-state index contributed by atoms with van der Waals surface area (Å²) < 4.78 is 81.0. The van der Waals surface area contributed by atoms with E-state index in [4.69, 9.17) is 13.6 Å². The number of sulfonamides is 1. The zero-order valence-electron chi connectivity index (χ0n) is 39.4. The van der Waals surface area contributed by atoms with Gasteiger partial charge < -0.3 is 18.9 Å². The van der Waals surface area contributed by atoms with Crippen molar-refractivity contribution in [3.8, 4) is 0 Å². The lowest BCUT2D eigenvalue weighted by Crippen LogP contribution is -2.48. The molecule has 0 fully saturated rings. The van der Waals surface area contributed by atoms with Gasteiger partial charge in [0.15, 0.2) is 22.4 Å². The molecule has 0 aromatic heterocycles. The normalized spacial score (nSPS) is 14.2. The molecule has 0 unspecified atom stereocenters. The number of carbonyl (C=O) groups excluding carboxylic acids is 2. The molecule has 0 heterocycles. The molecule has 3 aromatic carbocycles. The number of unbranched alkanes of at least 4 members (excludes halogenated alkanes) is 2. The molecule has 9 nitrogen and oxygen atoms in total. The highest BCUT2D eigenvalue weighted by atomic mass is 32.2.